The Labute approximate surface area is 283 Å². The van der Waals surface area contributed by atoms with Gasteiger partial charge in [-0.15, -0.1) is 0 Å². The van der Waals surface area contributed by atoms with Crippen molar-refractivity contribution in [1.82, 2.24) is 0 Å². The summed E-state index contributed by atoms with van der Waals surface area (Å²) < 4.78 is 11.8. The number of nitrogens with zero attached hydrogens (tertiary/aromatic N) is 4. The van der Waals surface area contributed by atoms with E-state index in [1.54, 1.807) is 9.80 Å². The minimum atomic E-state index is -0.234. The lowest BCUT2D eigenvalue weighted by atomic mass is 10.1. The molecule has 4 rings (SSSR count). The number of rotatable bonds is 14. The highest BCUT2D eigenvalue weighted by Crippen LogP contribution is 2.25. The Morgan fingerprint density at radius 3 is 1.65 bits per heavy atom. The smallest absolute Gasteiger partial charge is 0.272 e. The number of hydrogen-bond donors (Lipinski definition) is 0. The average Bonchev–Trinajstić information content (AvgIpc) is 3.10. The highest BCUT2D eigenvalue weighted by atomic mass is 16.6. The van der Waals surface area contributed by atoms with E-state index < -0.39 is 0 Å². The molecule has 0 atom stereocenters. The summed E-state index contributed by atoms with van der Waals surface area (Å²) in [4.78, 5) is 37.0. The monoisotopic (exact) mass is 652 g/mol. The van der Waals surface area contributed by atoms with Crippen molar-refractivity contribution in [3.63, 3.8) is 0 Å². The average molecular weight is 653 g/mol. The molecule has 252 valence electrons. The third-order valence-corrected chi connectivity index (χ3v) is 7.13. The van der Waals surface area contributed by atoms with Crippen LogP contribution >= 0.6 is 0 Å². The predicted octanol–water partition coefficient (Wildman–Crippen LogP) is 7.12. The minimum absolute atomic E-state index is 0.234. The molecule has 0 aromatic heterocycles. The van der Waals surface area contributed by atoms with Crippen molar-refractivity contribution in [3.8, 4) is 11.5 Å². The molecule has 0 saturated heterocycles. The van der Waals surface area contributed by atoms with Crippen molar-refractivity contribution in [2.75, 3.05) is 37.1 Å². The van der Waals surface area contributed by atoms with Crippen molar-refractivity contribution in [1.29, 1.82) is 0 Å². The number of para-hydroxylation sites is 3. The normalized spacial score (nSPS) is 10.6. The Hall–Kier alpha value is -5.64. The van der Waals surface area contributed by atoms with Crippen LogP contribution in [-0.4, -0.2) is 51.6 Å². The van der Waals surface area contributed by atoms with Crippen LogP contribution in [0.1, 0.15) is 36.1 Å². The molecule has 0 spiro atoms. The molecule has 0 radical (unpaired) electrons. The van der Waals surface area contributed by atoms with E-state index in [1.807, 2.05) is 125 Å². The molecule has 0 heterocycles. The van der Waals surface area contributed by atoms with Gasteiger partial charge in [0, 0.05) is 24.2 Å². The number of aryl methyl sites for hydroxylation is 2. The minimum Gasteiger partial charge on any atom is -0.489 e. The molecule has 0 aliphatic carbocycles. The molecule has 0 aliphatic rings. The molecule has 2 amide bonds. The molecule has 4 aromatic carbocycles. The first-order valence-corrected chi connectivity index (χ1v) is 15.6. The fourth-order valence-corrected chi connectivity index (χ4v) is 4.76. The van der Waals surface area contributed by atoms with Crippen LogP contribution in [0.4, 0.5) is 11.4 Å². The summed E-state index contributed by atoms with van der Waals surface area (Å²) in [7, 11) is 2.81. The Kier molecular flexibility index (Phi) is 15.2. The summed E-state index contributed by atoms with van der Waals surface area (Å²) in [6, 6.07) is 31.1. The Bertz CT molecular complexity index is 1670. The number of oxime groups is 2. The van der Waals surface area contributed by atoms with Gasteiger partial charge >= 0.3 is 0 Å². The van der Waals surface area contributed by atoms with Crippen molar-refractivity contribution in [3.05, 3.63) is 119 Å². The van der Waals surface area contributed by atoms with Crippen LogP contribution in [0.2, 0.25) is 0 Å². The number of ether oxygens (including phenoxy) is 2. The predicted molar refractivity (Wildman–Crippen MR) is 191 cm³/mol. The van der Waals surface area contributed by atoms with Gasteiger partial charge in [0.05, 0.1) is 11.4 Å². The highest BCUT2D eigenvalue weighted by Gasteiger charge is 2.17. The lowest BCUT2D eigenvalue weighted by Gasteiger charge is -2.22. The summed E-state index contributed by atoms with van der Waals surface area (Å²) >= 11 is 0. The summed E-state index contributed by atoms with van der Waals surface area (Å²) in [6.45, 7) is 9.66. The van der Waals surface area contributed by atoms with E-state index in [0.717, 1.165) is 45.1 Å². The van der Waals surface area contributed by atoms with Gasteiger partial charge in [0.2, 0.25) is 0 Å². The van der Waals surface area contributed by atoms with Crippen LogP contribution < -0.4 is 19.3 Å². The van der Waals surface area contributed by atoms with E-state index in [0.29, 0.717) is 26.3 Å². The number of hydrogen-bond acceptors (Lipinski definition) is 8. The third kappa shape index (κ3) is 11.0. The standard InChI is InChI=1S/2C19H22N2O3/c1-4-21(19(22)13-20-23-3)17-11-7-6-10-16(17)14-24-18-12-8-5-9-15(18)2;1-4-21(19(22)13-20-23-3)18-11-6-5-9-16(18)14-24-17-10-7-8-15(2)12-17/h2*5-13H,4,14H2,1-3H3. The van der Waals surface area contributed by atoms with Gasteiger partial charge in [0.25, 0.3) is 11.8 Å². The van der Waals surface area contributed by atoms with Gasteiger partial charge in [0.1, 0.15) is 51.4 Å². The molecule has 4 aromatic rings. The van der Waals surface area contributed by atoms with E-state index in [4.69, 9.17) is 9.47 Å². The van der Waals surface area contributed by atoms with Gasteiger partial charge in [-0.05, 0) is 69.2 Å². The summed E-state index contributed by atoms with van der Waals surface area (Å²) in [6.07, 6.45) is 2.34. The Morgan fingerprint density at radius 2 is 1.15 bits per heavy atom. The fourth-order valence-electron chi connectivity index (χ4n) is 4.76. The lowest BCUT2D eigenvalue weighted by molar-refractivity contribution is -0.113. The molecule has 0 aliphatic heterocycles. The molecule has 10 heteroatoms. The quantitative estimate of drug-likeness (QED) is 0.106. The van der Waals surface area contributed by atoms with Gasteiger partial charge in [-0.25, -0.2) is 0 Å². The number of carbonyl (C=O) groups excluding carboxylic acids is 2. The van der Waals surface area contributed by atoms with Crippen molar-refractivity contribution < 1.29 is 28.7 Å². The maximum atomic E-state index is 12.3. The molecule has 0 saturated carbocycles. The van der Waals surface area contributed by atoms with E-state index >= 15 is 0 Å². The van der Waals surface area contributed by atoms with E-state index in [2.05, 4.69) is 20.0 Å². The molecule has 0 unspecified atom stereocenters. The van der Waals surface area contributed by atoms with Crippen LogP contribution in [0.3, 0.4) is 0 Å². The van der Waals surface area contributed by atoms with Crippen molar-refractivity contribution in [2.45, 2.75) is 40.9 Å². The number of carbonyl (C=O) groups is 2. The molecule has 0 N–H and O–H groups in total. The molecular weight excluding hydrogens is 608 g/mol. The fraction of sp³-hybridized carbons (Fsp3) is 0.263. The van der Waals surface area contributed by atoms with Gasteiger partial charge in [-0.3, -0.25) is 9.59 Å². The molecule has 10 nitrogen and oxygen atoms in total. The topological polar surface area (TPSA) is 102 Å². The molecular formula is C38H44N4O6. The zero-order chi connectivity index (χ0) is 34.7. The van der Waals surface area contributed by atoms with Crippen LogP contribution in [-0.2, 0) is 32.5 Å². The van der Waals surface area contributed by atoms with Crippen molar-refractivity contribution in [2.24, 2.45) is 10.3 Å². The first-order valence-electron chi connectivity index (χ1n) is 15.6. The maximum absolute atomic E-state index is 12.3. The molecule has 48 heavy (non-hydrogen) atoms. The summed E-state index contributed by atoms with van der Waals surface area (Å²) in [5.41, 5.74) is 5.69. The Balaban J connectivity index is 0.000000260. The maximum Gasteiger partial charge on any atom is 0.272 e. The Morgan fingerprint density at radius 1 is 0.646 bits per heavy atom. The number of benzene rings is 4. The van der Waals surface area contributed by atoms with E-state index in [1.165, 1.54) is 26.6 Å². The highest BCUT2D eigenvalue weighted by molar-refractivity contribution is 6.33. The van der Waals surface area contributed by atoms with Gasteiger partial charge < -0.3 is 28.9 Å². The van der Waals surface area contributed by atoms with Crippen LogP contribution in [0, 0.1) is 13.8 Å². The van der Waals surface area contributed by atoms with Crippen LogP contribution in [0.25, 0.3) is 0 Å². The van der Waals surface area contributed by atoms with E-state index in [-0.39, 0.29) is 11.8 Å². The first kappa shape index (κ1) is 36.8. The zero-order valence-corrected chi connectivity index (χ0v) is 28.5. The second-order valence-corrected chi connectivity index (χ2v) is 10.4. The first-order chi connectivity index (χ1) is 23.3. The zero-order valence-electron chi connectivity index (χ0n) is 28.5. The van der Waals surface area contributed by atoms with Crippen LogP contribution in [0.5, 0.6) is 11.5 Å². The number of amides is 2. The van der Waals surface area contributed by atoms with Crippen molar-refractivity contribution >= 4 is 35.6 Å². The van der Waals surface area contributed by atoms with Gasteiger partial charge in [0.15, 0.2) is 0 Å². The van der Waals surface area contributed by atoms with Crippen LogP contribution in [0.15, 0.2) is 107 Å². The summed E-state index contributed by atoms with van der Waals surface area (Å²) in [5.74, 6) is 1.17. The molecule has 0 bridgehead atoms. The molecule has 0 fully saturated rings. The summed E-state index contributed by atoms with van der Waals surface area (Å²) in [5, 5.41) is 7.11. The largest absolute Gasteiger partial charge is 0.489 e. The van der Waals surface area contributed by atoms with E-state index in [9.17, 15) is 9.59 Å². The number of anilines is 2. The van der Waals surface area contributed by atoms with Gasteiger partial charge in [-0.1, -0.05) is 77.0 Å². The lowest BCUT2D eigenvalue weighted by Crippen LogP contribution is -2.32. The third-order valence-electron chi connectivity index (χ3n) is 7.13. The second-order valence-electron chi connectivity index (χ2n) is 10.4. The second kappa shape index (κ2) is 19.8. The van der Waals surface area contributed by atoms with Gasteiger partial charge in [-0.2, -0.15) is 0 Å². The SMILES string of the molecule is CCN(C(=O)C=NOC)c1ccccc1COc1cccc(C)c1.CCN(C(=O)C=NOC)c1ccccc1COc1ccccc1C.